The monoisotopic (exact) mass is 427 g/mol. The molecular weight excluding hydrogens is 405 g/mol. The van der Waals surface area contributed by atoms with Crippen LogP contribution in [-0.4, -0.2) is 64.3 Å². The van der Waals surface area contributed by atoms with E-state index in [1.807, 2.05) is 5.38 Å². The minimum atomic E-state index is -0.282. The van der Waals surface area contributed by atoms with Gasteiger partial charge in [0.15, 0.2) is 0 Å². The standard InChI is InChI=1S/C21H22FN5O2S/c1-14(28)26-8-10-27(11-9-26)18(29)6-7-23-20-19-17(12-30-21(19)25-13-24-20)15-2-4-16(22)5-3-15/h2-5,12-13H,6-11H2,1H3,(H,23,24,25). The third kappa shape index (κ3) is 4.25. The van der Waals surface area contributed by atoms with Crippen molar-refractivity contribution < 1.29 is 14.0 Å². The van der Waals surface area contributed by atoms with Crippen LogP contribution in [0.2, 0.25) is 0 Å². The van der Waals surface area contributed by atoms with Crippen molar-refractivity contribution >= 4 is 39.2 Å². The lowest BCUT2D eigenvalue weighted by atomic mass is 10.1. The molecule has 0 saturated carbocycles. The number of halogens is 1. The third-order valence-electron chi connectivity index (χ3n) is 5.23. The minimum absolute atomic E-state index is 0.0456. The first-order chi connectivity index (χ1) is 14.5. The minimum Gasteiger partial charge on any atom is -0.369 e. The van der Waals surface area contributed by atoms with Crippen LogP contribution in [-0.2, 0) is 9.59 Å². The zero-order valence-corrected chi connectivity index (χ0v) is 17.4. The summed E-state index contributed by atoms with van der Waals surface area (Å²) in [5, 5.41) is 6.12. The molecule has 1 saturated heterocycles. The number of hydrogen-bond donors (Lipinski definition) is 1. The van der Waals surface area contributed by atoms with E-state index in [9.17, 15) is 14.0 Å². The van der Waals surface area contributed by atoms with Crippen molar-refractivity contribution in [2.75, 3.05) is 38.0 Å². The number of fused-ring (bicyclic) bond motifs is 1. The Labute approximate surface area is 177 Å². The fourth-order valence-electron chi connectivity index (χ4n) is 3.57. The largest absolute Gasteiger partial charge is 0.369 e. The van der Waals surface area contributed by atoms with E-state index in [0.29, 0.717) is 45.0 Å². The van der Waals surface area contributed by atoms with E-state index in [1.165, 1.54) is 29.8 Å². The van der Waals surface area contributed by atoms with Crippen LogP contribution in [0.25, 0.3) is 21.3 Å². The zero-order chi connectivity index (χ0) is 21.1. The lowest BCUT2D eigenvalue weighted by Gasteiger charge is -2.34. The fourth-order valence-corrected chi connectivity index (χ4v) is 4.48. The van der Waals surface area contributed by atoms with Crippen LogP contribution in [0, 0.1) is 5.82 Å². The van der Waals surface area contributed by atoms with Crippen LogP contribution in [0.4, 0.5) is 10.2 Å². The molecule has 9 heteroatoms. The normalized spacial score (nSPS) is 14.2. The second-order valence-electron chi connectivity index (χ2n) is 7.12. The molecule has 0 spiro atoms. The molecule has 1 N–H and O–H groups in total. The van der Waals surface area contributed by atoms with Crippen molar-refractivity contribution in [1.82, 2.24) is 19.8 Å². The van der Waals surface area contributed by atoms with Gasteiger partial charge >= 0.3 is 0 Å². The van der Waals surface area contributed by atoms with Gasteiger partial charge in [-0.1, -0.05) is 12.1 Å². The Morgan fingerprint density at radius 1 is 1.10 bits per heavy atom. The molecule has 7 nitrogen and oxygen atoms in total. The number of anilines is 1. The maximum absolute atomic E-state index is 13.3. The summed E-state index contributed by atoms with van der Waals surface area (Å²) in [4.78, 5) is 37.0. The average Bonchev–Trinajstić information content (AvgIpc) is 3.19. The second kappa shape index (κ2) is 8.74. The number of carbonyl (C=O) groups excluding carboxylic acids is 2. The van der Waals surface area contributed by atoms with Crippen LogP contribution in [0.5, 0.6) is 0 Å². The van der Waals surface area contributed by atoms with E-state index in [1.54, 1.807) is 28.9 Å². The molecule has 3 heterocycles. The van der Waals surface area contributed by atoms with Gasteiger partial charge in [-0.25, -0.2) is 14.4 Å². The summed E-state index contributed by atoms with van der Waals surface area (Å²) in [6.45, 7) is 4.28. The SMILES string of the molecule is CC(=O)N1CCN(C(=O)CCNc2ncnc3scc(-c4ccc(F)cc4)c23)CC1. The lowest BCUT2D eigenvalue weighted by molar-refractivity contribution is -0.138. The van der Waals surface area contributed by atoms with Gasteiger partial charge in [0, 0.05) is 57.0 Å². The first-order valence-corrected chi connectivity index (χ1v) is 10.7. The van der Waals surface area contributed by atoms with E-state index >= 15 is 0 Å². The number of rotatable bonds is 5. The molecule has 30 heavy (non-hydrogen) atoms. The topological polar surface area (TPSA) is 78.4 Å². The van der Waals surface area contributed by atoms with Gasteiger partial charge in [-0.3, -0.25) is 9.59 Å². The van der Waals surface area contributed by atoms with Gasteiger partial charge in [-0.2, -0.15) is 0 Å². The Morgan fingerprint density at radius 2 is 1.80 bits per heavy atom. The molecule has 1 fully saturated rings. The van der Waals surface area contributed by atoms with Crippen LogP contribution in [0.1, 0.15) is 13.3 Å². The summed E-state index contributed by atoms with van der Waals surface area (Å²) in [6.07, 6.45) is 1.83. The Kier molecular flexibility index (Phi) is 5.89. The molecule has 0 bridgehead atoms. The number of aromatic nitrogens is 2. The lowest BCUT2D eigenvalue weighted by Crippen LogP contribution is -2.50. The highest BCUT2D eigenvalue weighted by molar-refractivity contribution is 7.17. The van der Waals surface area contributed by atoms with Crippen molar-refractivity contribution in [2.45, 2.75) is 13.3 Å². The first-order valence-electron chi connectivity index (χ1n) is 9.78. The number of hydrogen-bond acceptors (Lipinski definition) is 6. The van der Waals surface area contributed by atoms with Gasteiger partial charge in [0.1, 0.15) is 22.8 Å². The second-order valence-corrected chi connectivity index (χ2v) is 7.98. The van der Waals surface area contributed by atoms with E-state index < -0.39 is 0 Å². The van der Waals surface area contributed by atoms with Crippen molar-refractivity contribution in [1.29, 1.82) is 0 Å². The Bertz CT molecular complexity index is 1060. The molecule has 3 aromatic rings. The summed E-state index contributed by atoms with van der Waals surface area (Å²) in [7, 11) is 0. The molecule has 1 aliphatic rings. The van der Waals surface area contributed by atoms with E-state index in [2.05, 4.69) is 15.3 Å². The summed E-state index contributed by atoms with van der Waals surface area (Å²) >= 11 is 1.50. The van der Waals surface area contributed by atoms with Crippen molar-refractivity contribution in [3.8, 4) is 11.1 Å². The molecule has 0 unspecified atom stereocenters. The molecule has 4 rings (SSSR count). The zero-order valence-electron chi connectivity index (χ0n) is 16.6. The van der Waals surface area contributed by atoms with Gasteiger partial charge in [-0.05, 0) is 17.7 Å². The third-order valence-corrected chi connectivity index (χ3v) is 6.12. The summed E-state index contributed by atoms with van der Waals surface area (Å²) in [5.41, 5.74) is 1.82. The fraction of sp³-hybridized carbons (Fsp3) is 0.333. The average molecular weight is 428 g/mol. The summed E-state index contributed by atoms with van der Waals surface area (Å²) in [5.74, 6) is 0.481. The number of benzene rings is 1. The van der Waals surface area contributed by atoms with Crippen LogP contribution in [0.15, 0.2) is 36.0 Å². The summed E-state index contributed by atoms with van der Waals surface area (Å²) < 4.78 is 13.3. The molecule has 0 aliphatic carbocycles. The van der Waals surface area contributed by atoms with Gasteiger partial charge in [0.2, 0.25) is 11.8 Å². The van der Waals surface area contributed by atoms with Crippen molar-refractivity contribution in [3.05, 3.63) is 41.8 Å². The maximum Gasteiger partial charge on any atom is 0.224 e. The smallest absolute Gasteiger partial charge is 0.224 e. The van der Waals surface area contributed by atoms with Gasteiger partial charge in [0.05, 0.1) is 5.39 Å². The van der Waals surface area contributed by atoms with Crippen molar-refractivity contribution in [2.24, 2.45) is 0 Å². The molecule has 156 valence electrons. The van der Waals surface area contributed by atoms with Gasteiger partial charge < -0.3 is 15.1 Å². The van der Waals surface area contributed by atoms with Crippen LogP contribution in [0.3, 0.4) is 0 Å². The molecule has 0 radical (unpaired) electrons. The van der Waals surface area contributed by atoms with Crippen molar-refractivity contribution in [3.63, 3.8) is 0 Å². The highest BCUT2D eigenvalue weighted by atomic mass is 32.1. The maximum atomic E-state index is 13.3. The van der Waals surface area contributed by atoms with Gasteiger partial charge in [-0.15, -0.1) is 11.3 Å². The molecule has 1 aliphatic heterocycles. The Balaban J connectivity index is 1.42. The number of nitrogens with zero attached hydrogens (tertiary/aromatic N) is 4. The van der Waals surface area contributed by atoms with E-state index in [4.69, 9.17) is 0 Å². The predicted molar refractivity (Wildman–Crippen MR) is 115 cm³/mol. The van der Waals surface area contributed by atoms with Crippen LogP contribution >= 0.6 is 11.3 Å². The predicted octanol–water partition coefficient (Wildman–Crippen LogP) is 2.99. The number of thiophene rings is 1. The molecular formula is C21H22FN5O2S. The molecule has 2 amide bonds. The number of carbonyl (C=O) groups is 2. The van der Waals surface area contributed by atoms with E-state index in [-0.39, 0.29) is 17.6 Å². The summed E-state index contributed by atoms with van der Waals surface area (Å²) in [6, 6.07) is 6.33. The quantitative estimate of drug-likeness (QED) is 0.677. The number of nitrogens with one attached hydrogen (secondary N) is 1. The van der Waals surface area contributed by atoms with Gasteiger partial charge in [0.25, 0.3) is 0 Å². The molecule has 2 aromatic heterocycles. The molecule has 1 aromatic carbocycles. The Morgan fingerprint density at radius 3 is 2.50 bits per heavy atom. The first kappa shape index (κ1) is 20.2. The number of piperazine rings is 1. The highest BCUT2D eigenvalue weighted by Gasteiger charge is 2.22. The Hall–Kier alpha value is -3.07. The van der Waals surface area contributed by atoms with Crippen LogP contribution < -0.4 is 5.32 Å². The van der Waals surface area contributed by atoms with E-state index in [0.717, 1.165) is 21.3 Å². The molecule has 0 atom stereocenters. The number of amides is 2. The highest BCUT2D eigenvalue weighted by Crippen LogP contribution is 2.36.